The minimum absolute atomic E-state index is 0.184. The Kier molecular flexibility index (Phi) is 5.81. The van der Waals surface area contributed by atoms with Crippen molar-refractivity contribution in [1.82, 2.24) is 19.3 Å². The van der Waals surface area contributed by atoms with Crippen LogP contribution in [0, 0.1) is 25.2 Å². The molecule has 0 radical (unpaired) electrons. The van der Waals surface area contributed by atoms with Gasteiger partial charge < -0.3 is 4.90 Å². The zero-order chi connectivity index (χ0) is 22.7. The fourth-order valence-electron chi connectivity index (χ4n) is 3.50. The number of fused-ring (bicyclic) bond motifs is 1. The molecule has 4 aromatic rings. The molecular weight excluding hydrogens is 404 g/mol. The number of carbonyl (C=O) groups excluding carboxylic acids is 1. The summed E-state index contributed by atoms with van der Waals surface area (Å²) in [7, 11) is 0. The fraction of sp³-hybridized carbons (Fsp3) is 0.208. The van der Waals surface area contributed by atoms with Gasteiger partial charge in [-0.05, 0) is 49.2 Å². The number of benzene rings is 2. The Morgan fingerprint density at radius 1 is 1.12 bits per heavy atom. The predicted molar refractivity (Wildman–Crippen MR) is 122 cm³/mol. The van der Waals surface area contributed by atoms with Crippen LogP contribution >= 0.6 is 0 Å². The Bertz CT molecular complexity index is 1380. The summed E-state index contributed by atoms with van der Waals surface area (Å²) in [5.74, 6) is -0.290. The molecule has 4 rings (SSSR count). The lowest BCUT2D eigenvalue weighted by Crippen LogP contribution is -2.37. The fourth-order valence-corrected chi connectivity index (χ4v) is 3.50. The van der Waals surface area contributed by atoms with Gasteiger partial charge in [0.1, 0.15) is 18.3 Å². The summed E-state index contributed by atoms with van der Waals surface area (Å²) in [5.41, 5.74) is 3.74. The molecule has 0 N–H and O–H groups in total. The molecule has 0 bridgehead atoms. The van der Waals surface area contributed by atoms with Crippen LogP contribution in [0.3, 0.4) is 0 Å². The third-order valence-corrected chi connectivity index (χ3v) is 5.41. The zero-order valence-electron chi connectivity index (χ0n) is 17.9. The molecule has 8 heteroatoms. The van der Waals surface area contributed by atoms with Gasteiger partial charge in [-0.2, -0.15) is 10.4 Å². The van der Waals surface area contributed by atoms with Crippen LogP contribution in [0.4, 0.5) is 5.69 Å². The highest BCUT2D eigenvalue weighted by Crippen LogP contribution is 2.20. The van der Waals surface area contributed by atoms with Gasteiger partial charge in [-0.3, -0.25) is 14.2 Å². The van der Waals surface area contributed by atoms with Gasteiger partial charge in [0.15, 0.2) is 5.65 Å². The average molecular weight is 426 g/mol. The monoisotopic (exact) mass is 426 g/mol. The number of anilines is 1. The van der Waals surface area contributed by atoms with Gasteiger partial charge in [-0.25, -0.2) is 9.67 Å². The van der Waals surface area contributed by atoms with E-state index in [0.717, 1.165) is 16.8 Å². The van der Waals surface area contributed by atoms with Crippen LogP contribution in [0.5, 0.6) is 0 Å². The largest absolute Gasteiger partial charge is 0.310 e. The van der Waals surface area contributed by atoms with E-state index in [-0.39, 0.29) is 31.0 Å². The number of hydrogen-bond acceptors (Lipinski definition) is 5. The summed E-state index contributed by atoms with van der Waals surface area (Å²) in [6.45, 7) is 4.03. The summed E-state index contributed by atoms with van der Waals surface area (Å²) in [5, 5.41) is 13.7. The summed E-state index contributed by atoms with van der Waals surface area (Å²) in [6, 6.07) is 17.2. The van der Waals surface area contributed by atoms with Crippen molar-refractivity contribution in [3.05, 3.63) is 82.5 Å². The van der Waals surface area contributed by atoms with Gasteiger partial charge in [0.2, 0.25) is 5.91 Å². The van der Waals surface area contributed by atoms with Crippen molar-refractivity contribution in [1.29, 1.82) is 5.26 Å². The van der Waals surface area contributed by atoms with E-state index in [1.165, 1.54) is 17.1 Å². The molecule has 0 saturated heterocycles. The second-order valence-electron chi connectivity index (χ2n) is 7.53. The number of aryl methyl sites for hydroxylation is 2. The SMILES string of the molecule is Cc1ccc(N(CCC#N)C(=O)Cn2cnc3c(cnn3-c3ccccc3)c2=O)cc1C. The van der Waals surface area contributed by atoms with Crippen molar-refractivity contribution < 1.29 is 4.79 Å². The zero-order valence-corrected chi connectivity index (χ0v) is 17.9. The third kappa shape index (κ3) is 4.01. The van der Waals surface area contributed by atoms with Crippen molar-refractivity contribution in [3.63, 3.8) is 0 Å². The number of carbonyl (C=O) groups is 1. The lowest BCUT2D eigenvalue weighted by molar-refractivity contribution is -0.119. The van der Waals surface area contributed by atoms with Crippen LogP contribution < -0.4 is 10.5 Å². The number of para-hydroxylation sites is 1. The highest BCUT2D eigenvalue weighted by molar-refractivity contribution is 5.93. The van der Waals surface area contributed by atoms with Crippen molar-refractivity contribution in [2.45, 2.75) is 26.8 Å². The molecule has 0 fully saturated rings. The van der Waals surface area contributed by atoms with Crippen LogP contribution in [0.25, 0.3) is 16.7 Å². The van der Waals surface area contributed by atoms with Gasteiger partial charge in [0, 0.05) is 12.2 Å². The summed E-state index contributed by atoms with van der Waals surface area (Å²) in [6.07, 6.45) is 3.02. The Balaban J connectivity index is 1.65. The van der Waals surface area contributed by atoms with Gasteiger partial charge in [0.25, 0.3) is 5.56 Å². The van der Waals surface area contributed by atoms with E-state index in [9.17, 15) is 9.59 Å². The Labute approximate surface area is 185 Å². The smallest absolute Gasteiger partial charge is 0.264 e. The van der Waals surface area contributed by atoms with Crippen molar-refractivity contribution in [3.8, 4) is 11.8 Å². The predicted octanol–water partition coefficient (Wildman–Crippen LogP) is 3.15. The lowest BCUT2D eigenvalue weighted by Gasteiger charge is -2.23. The molecular formula is C24H22N6O2. The summed E-state index contributed by atoms with van der Waals surface area (Å²) >= 11 is 0. The third-order valence-electron chi connectivity index (χ3n) is 5.41. The van der Waals surface area contributed by atoms with Crippen molar-refractivity contribution in [2.24, 2.45) is 0 Å². The summed E-state index contributed by atoms with van der Waals surface area (Å²) < 4.78 is 2.87. The maximum Gasteiger partial charge on any atom is 0.264 e. The number of nitrogens with zero attached hydrogens (tertiary/aromatic N) is 6. The van der Waals surface area contributed by atoms with Gasteiger partial charge in [-0.1, -0.05) is 24.3 Å². The van der Waals surface area contributed by atoms with E-state index in [0.29, 0.717) is 16.7 Å². The Morgan fingerprint density at radius 3 is 2.62 bits per heavy atom. The first-order valence-corrected chi connectivity index (χ1v) is 10.2. The van der Waals surface area contributed by atoms with Crippen LogP contribution in [-0.2, 0) is 11.3 Å². The first-order valence-electron chi connectivity index (χ1n) is 10.2. The second-order valence-corrected chi connectivity index (χ2v) is 7.53. The molecule has 8 nitrogen and oxygen atoms in total. The molecule has 2 aromatic carbocycles. The quantitative estimate of drug-likeness (QED) is 0.472. The van der Waals surface area contributed by atoms with E-state index in [1.807, 2.05) is 62.4 Å². The number of rotatable bonds is 6. The first-order chi connectivity index (χ1) is 15.5. The number of amides is 1. The molecule has 0 aliphatic rings. The van der Waals surface area contributed by atoms with Crippen molar-refractivity contribution in [2.75, 3.05) is 11.4 Å². The van der Waals surface area contributed by atoms with E-state index in [1.54, 1.807) is 9.58 Å². The molecule has 1 amide bonds. The number of hydrogen-bond donors (Lipinski definition) is 0. The molecule has 0 unspecified atom stereocenters. The lowest BCUT2D eigenvalue weighted by atomic mass is 10.1. The maximum atomic E-state index is 13.1. The Hall–Kier alpha value is -4.25. The maximum absolute atomic E-state index is 13.1. The molecule has 0 aliphatic carbocycles. The van der Waals surface area contributed by atoms with Crippen LogP contribution in [0.1, 0.15) is 17.5 Å². The topological polar surface area (TPSA) is 96.8 Å². The molecule has 2 aromatic heterocycles. The van der Waals surface area contributed by atoms with E-state index >= 15 is 0 Å². The second kappa shape index (κ2) is 8.86. The number of aromatic nitrogens is 4. The standard InChI is InChI=1S/C24H22N6O2/c1-17-9-10-20(13-18(17)2)29(12-6-11-25)22(31)15-28-16-26-23-21(24(28)32)14-27-30(23)19-7-4-3-5-8-19/h3-5,7-10,13-14,16H,6,12,15H2,1-2H3. The molecule has 0 aliphatic heterocycles. The molecule has 0 atom stereocenters. The van der Waals surface area contributed by atoms with E-state index < -0.39 is 0 Å². The highest BCUT2D eigenvalue weighted by Gasteiger charge is 2.19. The Morgan fingerprint density at radius 2 is 1.91 bits per heavy atom. The molecule has 0 spiro atoms. The minimum atomic E-state index is -0.342. The molecule has 2 heterocycles. The molecule has 160 valence electrons. The minimum Gasteiger partial charge on any atom is -0.310 e. The van der Waals surface area contributed by atoms with Crippen molar-refractivity contribution >= 4 is 22.6 Å². The molecule has 0 saturated carbocycles. The normalized spacial score (nSPS) is 10.8. The van der Waals surface area contributed by atoms with Crippen LogP contribution in [0.15, 0.2) is 65.8 Å². The van der Waals surface area contributed by atoms with E-state index in [2.05, 4.69) is 16.2 Å². The average Bonchev–Trinajstić information content (AvgIpc) is 3.24. The van der Waals surface area contributed by atoms with Gasteiger partial charge >= 0.3 is 0 Å². The number of nitriles is 1. The van der Waals surface area contributed by atoms with Gasteiger partial charge in [0.05, 0.1) is 24.4 Å². The first kappa shape index (κ1) is 21.0. The summed E-state index contributed by atoms with van der Waals surface area (Å²) in [4.78, 5) is 32.1. The van der Waals surface area contributed by atoms with Crippen LogP contribution in [-0.4, -0.2) is 31.8 Å². The van der Waals surface area contributed by atoms with E-state index in [4.69, 9.17) is 5.26 Å². The van der Waals surface area contributed by atoms with Gasteiger partial charge in [-0.15, -0.1) is 0 Å². The highest BCUT2D eigenvalue weighted by atomic mass is 16.2. The van der Waals surface area contributed by atoms with Crippen LogP contribution in [0.2, 0.25) is 0 Å². The molecule has 32 heavy (non-hydrogen) atoms.